The Morgan fingerprint density at radius 3 is 2.57 bits per heavy atom. The lowest BCUT2D eigenvalue weighted by molar-refractivity contribution is -0.0310. The summed E-state index contributed by atoms with van der Waals surface area (Å²) in [5, 5.41) is 0. The zero-order valence-corrected chi connectivity index (χ0v) is 16.2. The summed E-state index contributed by atoms with van der Waals surface area (Å²) in [6.45, 7) is -0.216. The smallest absolute Gasteiger partial charge is 0.302 e. The minimum Gasteiger partial charge on any atom is -0.496 e. The van der Waals surface area contributed by atoms with Gasteiger partial charge in [0.15, 0.2) is 0 Å². The van der Waals surface area contributed by atoms with Crippen molar-refractivity contribution in [2.45, 2.75) is 5.92 Å². The number of benzene rings is 1. The molecule has 7 heteroatoms. The largest absolute Gasteiger partial charge is 0.496 e. The number of alkyl halides is 2. The second-order valence-electron chi connectivity index (χ2n) is 6.39. The molecule has 1 aromatic heterocycles. The first kappa shape index (κ1) is 21.4. The monoisotopic (exact) mass is 389 g/mol. The molecule has 0 spiro atoms. The van der Waals surface area contributed by atoms with Gasteiger partial charge in [0.2, 0.25) is 0 Å². The van der Waals surface area contributed by atoms with Gasteiger partial charge in [-0.2, -0.15) is 8.78 Å². The summed E-state index contributed by atoms with van der Waals surface area (Å²) in [7, 11) is 4.77. The molecule has 2 aromatic rings. The van der Waals surface area contributed by atoms with E-state index in [1.165, 1.54) is 29.4 Å². The number of aromatic nitrogens is 1. The molecule has 5 nitrogen and oxygen atoms in total. The summed E-state index contributed by atoms with van der Waals surface area (Å²) in [5.74, 6) is -1.95. The van der Waals surface area contributed by atoms with Crippen molar-refractivity contribution in [1.82, 2.24) is 9.88 Å². The number of allylic oxidation sites excluding steroid dienone is 2. The molecule has 0 amide bonds. The Hall–Kier alpha value is -2.93. The molecular weight excluding hydrogens is 364 g/mol. The Bertz CT molecular complexity index is 819. The maximum Gasteiger partial charge on any atom is 0.302 e. The number of methoxy groups -OCH3 is 1. The van der Waals surface area contributed by atoms with Gasteiger partial charge in [-0.1, -0.05) is 24.3 Å². The number of hydrogen-bond acceptors (Lipinski definition) is 5. The first-order chi connectivity index (χ1) is 13.4. The van der Waals surface area contributed by atoms with E-state index in [0.717, 1.165) is 11.1 Å². The van der Waals surface area contributed by atoms with E-state index in [1.54, 1.807) is 27.3 Å². The van der Waals surface area contributed by atoms with Crippen molar-refractivity contribution in [3.63, 3.8) is 0 Å². The molecule has 0 saturated carbocycles. The molecule has 0 aliphatic heterocycles. The minimum atomic E-state index is -3.03. The zero-order valence-electron chi connectivity index (χ0n) is 16.2. The third-order valence-electron chi connectivity index (χ3n) is 3.88. The van der Waals surface area contributed by atoms with Crippen LogP contribution in [0.25, 0.3) is 5.57 Å². The molecule has 0 bridgehead atoms. The molecule has 2 N–H and O–H groups in total. The summed E-state index contributed by atoms with van der Waals surface area (Å²) in [6.07, 6.45) is 6.22. The van der Waals surface area contributed by atoms with Crippen LogP contribution in [-0.4, -0.2) is 44.2 Å². The van der Waals surface area contributed by atoms with Crippen LogP contribution in [0.1, 0.15) is 11.3 Å². The first-order valence-corrected chi connectivity index (χ1v) is 8.70. The molecule has 0 aliphatic rings. The van der Waals surface area contributed by atoms with Crippen LogP contribution in [0.2, 0.25) is 0 Å². The summed E-state index contributed by atoms with van der Waals surface area (Å²) in [4.78, 5) is 5.29. The van der Waals surface area contributed by atoms with E-state index in [-0.39, 0.29) is 12.3 Å². The number of nitrogens with zero attached hydrogens (tertiary/aromatic N) is 2. The van der Waals surface area contributed by atoms with Gasteiger partial charge in [-0.05, 0) is 44.6 Å². The molecule has 0 aliphatic carbocycles. The normalized spacial score (nSPS) is 12.6. The van der Waals surface area contributed by atoms with Gasteiger partial charge in [0.1, 0.15) is 23.8 Å². The summed E-state index contributed by atoms with van der Waals surface area (Å²) in [5.41, 5.74) is 6.82. The molecule has 0 saturated heterocycles. The van der Waals surface area contributed by atoms with Crippen LogP contribution in [0.4, 0.5) is 8.78 Å². The van der Waals surface area contributed by atoms with Crippen molar-refractivity contribution in [2.24, 2.45) is 5.73 Å². The number of pyridine rings is 1. The number of likely N-dealkylation sites (N-methyl/N-ethyl adjacent to an activating group) is 1. The molecule has 1 heterocycles. The van der Waals surface area contributed by atoms with Crippen LogP contribution < -0.4 is 15.2 Å². The predicted molar refractivity (Wildman–Crippen MR) is 106 cm³/mol. The van der Waals surface area contributed by atoms with Crippen molar-refractivity contribution in [3.8, 4) is 11.5 Å². The number of rotatable bonds is 9. The van der Waals surface area contributed by atoms with Gasteiger partial charge in [0, 0.05) is 11.1 Å². The summed E-state index contributed by atoms with van der Waals surface area (Å²) < 4.78 is 39.4. The highest BCUT2D eigenvalue weighted by atomic mass is 19.3. The van der Waals surface area contributed by atoms with Gasteiger partial charge in [0.05, 0.1) is 19.9 Å². The Morgan fingerprint density at radius 1 is 1.21 bits per heavy atom. The third-order valence-corrected chi connectivity index (χ3v) is 3.88. The lowest BCUT2D eigenvalue weighted by Crippen LogP contribution is -2.30. The molecule has 28 heavy (non-hydrogen) atoms. The highest BCUT2D eigenvalue weighted by Gasteiger charge is 2.33. The lowest BCUT2D eigenvalue weighted by atomic mass is 10.0. The Kier molecular flexibility index (Phi) is 7.52. The van der Waals surface area contributed by atoms with Crippen molar-refractivity contribution in [2.75, 3.05) is 34.4 Å². The van der Waals surface area contributed by atoms with E-state index in [0.29, 0.717) is 11.5 Å². The second-order valence-corrected chi connectivity index (χ2v) is 6.39. The number of para-hydroxylation sites is 1. The van der Waals surface area contributed by atoms with Crippen LogP contribution in [0, 0.1) is 0 Å². The topological polar surface area (TPSA) is 60.6 Å². The maximum absolute atomic E-state index is 14.1. The number of hydrogen-bond donors (Lipinski definition) is 1. The average molecular weight is 389 g/mol. The molecule has 0 radical (unpaired) electrons. The molecule has 1 aromatic carbocycles. The van der Waals surface area contributed by atoms with Crippen LogP contribution in [0.3, 0.4) is 0 Å². The van der Waals surface area contributed by atoms with Crippen molar-refractivity contribution in [1.29, 1.82) is 0 Å². The van der Waals surface area contributed by atoms with Crippen LogP contribution in [-0.2, 0) is 5.92 Å². The van der Waals surface area contributed by atoms with E-state index in [2.05, 4.69) is 4.98 Å². The molecule has 0 fully saturated rings. The van der Waals surface area contributed by atoms with Gasteiger partial charge in [-0.3, -0.25) is 4.98 Å². The molecule has 150 valence electrons. The number of nitrogens with two attached hydrogens (primary N) is 1. The van der Waals surface area contributed by atoms with E-state index < -0.39 is 12.5 Å². The van der Waals surface area contributed by atoms with Crippen molar-refractivity contribution < 1.29 is 18.3 Å². The summed E-state index contributed by atoms with van der Waals surface area (Å²) in [6, 6.07) is 10.3. The SMILES string of the molecule is COc1ccccc1/C(=C/C=C\N)COc1ccc(C(F)(F)CN(C)C)nc1. The zero-order chi connectivity index (χ0) is 20.6. The fraction of sp³-hybridized carbons (Fsp3) is 0.286. The van der Waals surface area contributed by atoms with E-state index >= 15 is 0 Å². The predicted octanol–water partition coefficient (Wildman–Crippen LogP) is 3.68. The quantitative estimate of drug-likeness (QED) is 0.663. The second kappa shape index (κ2) is 9.85. The summed E-state index contributed by atoms with van der Waals surface area (Å²) >= 11 is 0. The van der Waals surface area contributed by atoms with E-state index in [1.807, 2.05) is 30.3 Å². The Labute approximate surface area is 164 Å². The van der Waals surface area contributed by atoms with Gasteiger partial charge >= 0.3 is 5.92 Å². The highest BCUT2D eigenvalue weighted by molar-refractivity contribution is 5.72. The van der Waals surface area contributed by atoms with Crippen LogP contribution >= 0.6 is 0 Å². The molecule has 0 atom stereocenters. The average Bonchev–Trinajstić information content (AvgIpc) is 2.67. The Morgan fingerprint density at radius 2 is 1.96 bits per heavy atom. The molecular formula is C21H25F2N3O2. The minimum absolute atomic E-state index is 0.194. The molecule has 0 unspecified atom stereocenters. The van der Waals surface area contributed by atoms with E-state index in [9.17, 15) is 8.78 Å². The maximum atomic E-state index is 14.1. The van der Waals surface area contributed by atoms with Gasteiger partial charge < -0.3 is 20.1 Å². The van der Waals surface area contributed by atoms with Crippen molar-refractivity contribution >= 4 is 5.57 Å². The van der Waals surface area contributed by atoms with Gasteiger partial charge in [-0.25, -0.2) is 0 Å². The van der Waals surface area contributed by atoms with Crippen molar-refractivity contribution in [3.05, 3.63) is 72.2 Å². The van der Waals surface area contributed by atoms with Gasteiger partial charge in [-0.15, -0.1) is 0 Å². The number of ether oxygens (including phenoxy) is 2. The van der Waals surface area contributed by atoms with Crippen LogP contribution in [0.15, 0.2) is 60.9 Å². The third kappa shape index (κ3) is 5.79. The molecule has 2 rings (SSSR count). The highest BCUT2D eigenvalue weighted by Crippen LogP contribution is 2.29. The fourth-order valence-corrected chi connectivity index (χ4v) is 2.62. The van der Waals surface area contributed by atoms with E-state index in [4.69, 9.17) is 15.2 Å². The Balaban J connectivity index is 2.15. The standard InChI is InChI=1S/C21H25F2N3O2/c1-26(2)15-21(22,23)20-11-10-17(13-25-20)28-14-16(7-6-12-24)18-8-4-5-9-19(18)27-3/h4-13H,14-15,24H2,1-3H3/b12-6-,16-7+. The first-order valence-electron chi connectivity index (χ1n) is 8.70. The number of halogens is 2. The fourth-order valence-electron chi connectivity index (χ4n) is 2.62. The van der Waals surface area contributed by atoms with Crippen LogP contribution in [0.5, 0.6) is 11.5 Å². The lowest BCUT2D eigenvalue weighted by Gasteiger charge is -2.20. The van der Waals surface area contributed by atoms with Gasteiger partial charge in [0.25, 0.3) is 0 Å².